The molecule has 7 heteroatoms. The van der Waals surface area contributed by atoms with E-state index in [2.05, 4.69) is 268 Å². The van der Waals surface area contributed by atoms with E-state index < -0.39 is 8.07 Å². The zero-order valence-electron chi connectivity index (χ0n) is 37.9. The molecule has 0 aliphatic rings. The summed E-state index contributed by atoms with van der Waals surface area (Å²) in [6.45, 7) is 0. The first kappa shape index (κ1) is 39.9. The molecular formula is C63H42N6Si. The summed E-state index contributed by atoms with van der Waals surface area (Å²) in [4.78, 5) is 16.6. The van der Waals surface area contributed by atoms with Gasteiger partial charge >= 0.3 is 0 Å². The van der Waals surface area contributed by atoms with Gasteiger partial charge in [-0.3, -0.25) is 9.13 Å². The third kappa shape index (κ3) is 5.95. The van der Waals surface area contributed by atoms with Crippen LogP contribution < -0.4 is 20.7 Å². The highest BCUT2D eigenvalue weighted by molar-refractivity contribution is 7.19. The molecule has 0 bridgehead atoms. The molecule has 0 N–H and O–H groups in total. The maximum Gasteiger partial charge on any atom is 0.240 e. The summed E-state index contributed by atoms with van der Waals surface area (Å²) in [5.74, 6) is 1.67. The lowest BCUT2D eigenvalue weighted by Gasteiger charge is -2.34. The Kier molecular flexibility index (Phi) is 9.12. The second-order valence-corrected chi connectivity index (χ2v) is 21.8. The minimum absolute atomic E-state index is 0.547. The monoisotopic (exact) mass is 910 g/mol. The molecule has 0 saturated heterocycles. The molecule has 0 aliphatic heterocycles. The molecule has 14 rings (SSSR count). The Hall–Kier alpha value is -9.17. The van der Waals surface area contributed by atoms with Crippen LogP contribution in [0.1, 0.15) is 0 Å². The predicted octanol–water partition coefficient (Wildman–Crippen LogP) is 12.2. The number of hydrogen-bond acceptors (Lipinski definition) is 3. The van der Waals surface area contributed by atoms with E-state index in [9.17, 15) is 0 Å². The third-order valence-electron chi connectivity index (χ3n) is 14.3. The highest BCUT2D eigenvalue weighted by atomic mass is 28.3. The van der Waals surface area contributed by atoms with Crippen molar-refractivity contribution < 1.29 is 0 Å². The van der Waals surface area contributed by atoms with Crippen molar-refractivity contribution in [2.45, 2.75) is 0 Å². The summed E-state index contributed by atoms with van der Waals surface area (Å²) in [5.41, 5.74) is 8.22. The second-order valence-electron chi connectivity index (χ2n) is 18.0. The van der Waals surface area contributed by atoms with E-state index in [0.717, 1.165) is 76.7 Å². The van der Waals surface area contributed by atoms with Crippen molar-refractivity contribution >= 4 is 94.2 Å². The molecule has 0 aliphatic carbocycles. The van der Waals surface area contributed by atoms with Gasteiger partial charge in [-0.15, -0.1) is 0 Å². The molecule has 70 heavy (non-hydrogen) atoms. The molecule has 0 spiro atoms. The number of para-hydroxylation sites is 6. The molecule has 14 aromatic rings. The van der Waals surface area contributed by atoms with Crippen LogP contribution in [-0.4, -0.2) is 36.7 Å². The predicted molar refractivity (Wildman–Crippen MR) is 292 cm³/mol. The number of nitrogens with zero attached hydrogens (tertiary/aromatic N) is 6. The lowest BCUT2D eigenvalue weighted by Crippen LogP contribution is -2.74. The lowest BCUT2D eigenvalue weighted by molar-refractivity contribution is 0.893. The highest BCUT2D eigenvalue weighted by Crippen LogP contribution is 2.39. The molecule has 0 fully saturated rings. The standard InChI is InChI=1S/C63H42N6Si/c1-4-23-44(24-5-1)70(45-25-6-2-7-26-45,46-27-8-3-9-28-46)47-29-20-22-43(42-47)67-55-37-15-14-34-52(55)53-35-21-36-54(60(53)67)61-64-62(68-56-38-16-10-30-48(56)49-31-11-17-39-57(49)68)66-63(65-61)69-58-40-18-12-32-50(58)51-33-13-19-41-59(51)69/h1-42H. The quantitative estimate of drug-likeness (QED) is 0.113. The average Bonchev–Trinajstić information content (AvgIpc) is 4.08. The first-order chi connectivity index (χ1) is 34.8. The van der Waals surface area contributed by atoms with Gasteiger partial charge in [0.25, 0.3) is 0 Å². The van der Waals surface area contributed by atoms with Gasteiger partial charge in [-0.1, -0.05) is 206 Å². The topological polar surface area (TPSA) is 53.5 Å². The Morgan fingerprint density at radius 2 is 0.614 bits per heavy atom. The number of rotatable bonds is 8. The Morgan fingerprint density at radius 3 is 1.06 bits per heavy atom. The molecule has 10 aromatic carbocycles. The van der Waals surface area contributed by atoms with Crippen LogP contribution in [0, 0.1) is 0 Å². The first-order valence-electron chi connectivity index (χ1n) is 23.8. The SMILES string of the molecule is c1ccc([Si](c2ccccc2)(c2ccccc2)c2cccc(-n3c4ccccc4c4cccc(-c5nc(-n6c7ccccc7c7ccccc76)nc(-n6c7ccccc7c7ccccc76)n5)c43)c2)cc1. The van der Waals surface area contributed by atoms with Crippen LogP contribution in [0.5, 0.6) is 0 Å². The molecular weight excluding hydrogens is 869 g/mol. The van der Waals surface area contributed by atoms with Crippen molar-refractivity contribution in [3.63, 3.8) is 0 Å². The summed E-state index contributed by atoms with van der Waals surface area (Å²) in [6.07, 6.45) is 0. The van der Waals surface area contributed by atoms with Gasteiger partial charge < -0.3 is 4.57 Å². The van der Waals surface area contributed by atoms with Gasteiger partial charge in [0.1, 0.15) is 0 Å². The molecule has 6 nitrogen and oxygen atoms in total. The Balaban J connectivity index is 1.08. The molecule has 0 saturated carbocycles. The van der Waals surface area contributed by atoms with Crippen molar-refractivity contribution in [1.82, 2.24) is 28.7 Å². The Labute approximate surface area is 404 Å². The molecule has 328 valence electrons. The normalized spacial score (nSPS) is 12.0. The average molecular weight is 911 g/mol. The molecule has 0 unspecified atom stereocenters. The van der Waals surface area contributed by atoms with Gasteiger partial charge in [0.2, 0.25) is 11.9 Å². The zero-order valence-corrected chi connectivity index (χ0v) is 38.9. The summed E-state index contributed by atoms with van der Waals surface area (Å²) >= 11 is 0. The van der Waals surface area contributed by atoms with Crippen LogP contribution in [0.3, 0.4) is 0 Å². The fourth-order valence-corrected chi connectivity index (χ4v) is 16.1. The van der Waals surface area contributed by atoms with Crippen molar-refractivity contribution in [3.8, 4) is 29.0 Å². The molecule has 0 atom stereocenters. The number of aromatic nitrogens is 6. The van der Waals surface area contributed by atoms with E-state index in [1.165, 1.54) is 20.7 Å². The van der Waals surface area contributed by atoms with Gasteiger partial charge in [-0.2, -0.15) is 15.0 Å². The summed E-state index contributed by atoms with van der Waals surface area (Å²) in [5, 5.41) is 12.1. The third-order valence-corrected chi connectivity index (χ3v) is 19.0. The molecule has 4 aromatic heterocycles. The van der Waals surface area contributed by atoms with Gasteiger partial charge in [0.05, 0.1) is 33.1 Å². The summed E-state index contributed by atoms with van der Waals surface area (Å²) in [6, 6.07) is 92.1. The minimum Gasteiger partial charge on any atom is -0.309 e. The Bertz CT molecular complexity index is 3970. The molecule has 0 radical (unpaired) electrons. The fourth-order valence-electron chi connectivity index (χ4n) is 11.4. The van der Waals surface area contributed by atoms with E-state index in [1.807, 2.05) is 0 Å². The smallest absolute Gasteiger partial charge is 0.240 e. The van der Waals surface area contributed by atoms with Gasteiger partial charge in [0.15, 0.2) is 13.9 Å². The van der Waals surface area contributed by atoms with Crippen LogP contribution in [0.2, 0.25) is 0 Å². The summed E-state index contributed by atoms with van der Waals surface area (Å²) in [7, 11) is -2.87. The van der Waals surface area contributed by atoms with Crippen molar-refractivity contribution in [3.05, 3.63) is 255 Å². The summed E-state index contributed by atoms with van der Waals surface area (Å²) < 4.78 is 6.84. The van der Waals surface area contributed by atoms with Crippen LogP contribution in [-0.2, 0) is 0 Å². The largest absolute Gasteiger partial charge is 0.309 e. The maximum atomic E-state index is 5.57. The van der Waals surface area contributed by atoms with Crippen LogP contribution in [0.15, 0.2) is 255 Å². The van der Waals surface area contributed by atoms with E-state index in [4.69, 9.17) is 15.0 Å². The van der Waals surface area contributed by atoms with E-state index in [1.54, 1.807) is 0 Å². The van der Waals surface area contributed by atoms with E-state index in [0.29, 0.717) is 17.7 Å². The van der Waals surface area contributed by atoms with E-state index in [-0.39, 0.29) is 0 Å². The zero-order chi connectivity index (χ0) is 46.2. The van der Waals surface area contributed by atoms with Crippen molar-refractivity contribution in [2.24, 2.45) is 0 Å². The van der Waals surface area contributed by atoms with Gasteiger partial charge in [0, 0.05) is 43.6 Å². The highest BCUT2D eigenvalue weighted by Gasteiger charge is 2.41. The molecule has 4 heterocycles. The second kappa shape index (κ2) is 16.0. The van der Waals surface area contributed by atoms with Gasteiger partial charge in [-0.05, 0) is 69.3 Å². The van der Waals surface area contributed by atoms with Crippen LogP contribution >= 0.6 is 0 Å². The minimum atomic E-state index is -2.87. The van der Waals surface area contributed by atoms with Crippen LogP contribution in [0.4, 0.5) is 0 Å². The van der Waals surface area contributed by atoms with Crippen molar-refractivity contribution in [1.29, 1.82) is 0 Å². The number of benzene rings is 10. The fraction of sp³-hybridized carbons (Fsp3) is 0. The van der Waals surface area contributed by atoms with Crippen molar-refractivity contribution in [2.75, 3.05) is 0 Å². The number of fused-ring (bicyclic) bond motifs is 9. The Morgan fingerprint density at radius 1 is 0.271 bits per heavy atom. The lowest BCUT2D eigenvalue weighted by atomic mass is 10.1. The van der Waals surface area contributed by atoms with E-state index >= 15 is 0 Å². The molecule has 0 amide bonds. The van der Waals surface area contributed by atoms with Gasteiger partial charge in [-0.25, -0.2) is 0 Å². The maximum absolute atomic E-state index is 5.57. The number of hydrogen-bond donors (Lipinski definition) is 0. The van der Waals surface area contributed by atoms with Crippen LogP contribution in [0.25, 0.3) is 94.4 Å². The first-order valence-corrected chi connectivity index (χ1v) is 25.8.